The Morgan fingerprint density at radius 3 is 2.14 bits per heavy atom. The third-order valence-electron chi connectivity index (χ3n) is 2.97. The summed E-state index contributed by atoms with van der Waals surface area (Å²) < 4.78 is 0. The molecule has 6 nitrogen and oxygen atoms in total. The molecule has 0 saturated carbocycles. The van der Waals surface area contributed by atoms with Gasteiger partial charge >= 0.3 is 11.9 Å². The van der Waals surface area contributed by atoms with Crippen LogP contribution in [0.5, 0.6) is 0 Å². The summed E-state index contributed by atoms with van der Waals surface area (Å²) in [4.78, 5) is 33.6. The van der Waals surface area contributed by atoms with Crippen LogP contribution in [0.4, 0.5) is 0 Å². The van der Waals surface area contributed by atoms with E-state index in [9.17, 15) is 14.4 Å². The molecule has 21 heavy (non-hydrogen) atoms. The van der Waals surface area contributed by atoms with Gasteiger partial charge in [0.05, 0.1) is 0 Å². The van der Waals surface area contributed by atoms with Crippen LogP contribution in [-0.4, -0.2) is 34.1 Å². The van der Waals surface area contributed by atoms with Gasteiger partial charge in [0.15, 0.2) is 0 Å². The summed E-state index contributed by atoms with van der Waals surface area (Å²) >= 11 is 0. The highest BCUT2D eigenvalue weighted by molar-refractivity contribution is 5.96. The number of hydrogen-bond acceptors (Lipinski definition) is 3. The van der Waals surface area contributed by atoms with Gasteiger partial charge in [-0.2, -0.15) is 0 Å². The second-order valence-electron chi connectivity index (χ2n) is 5.03. The molecule has 0 aliphatic heterocycles. The quantitative estimate of drug-likeness (QED) is 0.710. The number of carbonyl (C=O) groups excluding carboxylic acids is 1. The van der Waals surface area contributed by atoms with E-state index in [2.05, 4.69) is 5.32 Å². The summed E-state index contributed by atoms with van der Waals surface area (Å²) in [5.41, 5.74) is 2.23. The molecular formula is C15H19NO5. The van der Waals surface area contributed by atoms with Gasteiger partial charge in [-0.25, -0.2) is 4.79 Å². The van der Waals surface area contributed by atoms with Gasteiger partial charge in [-0.05, 0) is 38.8 Å². The first-order valence-electron chi connectivity index (χ1n) is 6.63. The molecule has 0 fully saturated rings. The predicted molar refractivity (Wildman–Crippen MR) is 76.3 cm³/mol. The van der Waals surface area contributed by atoms with E-state index in [-0.39, 0.29) is 19.3 Å². The molecule has 0 radical (unpaired) electrons. The molecule has 1 rings (SSSR count). The van der Waals surface area contributed by atoms with Crippen molar-refractivity contribution >= 4 is 17.8 Å². The molecule has 3 N–H and O–H groups in total. The number of benzene rings is 1. The third kappa shape index (κ3) is 5.64. The number of carboxylic acid groups (broad SMARTS) is 2. The van der Waals surface area contributed by atoms with Gasteiger partial charge in [0, 0.05) is 12.0 Å². The lowest BCUT2D eigenvalue weighted by molar-refractivity contribution is -0.140. The van der Waals surface area contributed by atoms with Crippen molar-refractivity contribution in [1.82, 2.24) is 5.32 Å². The highest BCUT2D eigenvalue weighted by Crippen LogP contribution is 2.10. The van der Waals surface area contributed by atoms with Crippen molar-refractivity contribution in [3.05, 3.63) is 34.9 Å². The Labute approximate surface area is 122 Å². The summed E-state index contributed by atoms with van der Waals surface area (Å²) in [5.74, 6) is -2.62. The SMILES string of the molecule is Cc1cc(C)cc(C(=O)N[C@H](CCCC(=O)O)C(=O)O)c1. The van der Waals surface area contributed by atoms with Gasteiger partial charge in [-0.3, -0.25) is 9.59 Å². The molecule has 0 heterocycles. The number of aliphatic carboxylic acids is 2. The van der Waals surface area contributed by atoms with Crippen molar-refractivity contribution in [2.24, 2.45) is 0 Å². The number of carbonyl (C=O) groups is 3. The van der Waals surface area contributed by atoms with Gasteiger partial charge < -0.3 is 15.5 Å². The fraction of sp³-hybridized carbons (Fsp3) is 0.400. The lowest BCUT2D eigenvalue weighted by Crippen LogP contribution is -2.40. The predicted octanol–water partition coefficient (Wildman–Crippen LogP) is 1.74. The molecule has 1 aromatic rings. The molecular weight excluding hydrogens is 274 g/mol. The van der Waals surface area contributed by atoms with Gasteiger partial charge in [-0.1, -0.05) is 17.2 Å². The topological polar surface area (TPSA) is 104 Å². The lowest BCUT2D eigenvalue weighted by atomic mass is 10.1. The summed E-state index contributed by atoms with van der Waals surface area (Å²) in [7, 11) is 0. The first kappa shape index (κ1) is 16.7. The van der Waals surface area contributed by atoms with Gasteiger partial charge in [0.1, 0.15) is 6.04 Å². The van der Waals surface area contributed by atoms with E-state index < -0.39 is 23.9 Å². The Morgan fingerprint density at radius 2 is 1.67 bits per heavy atom. The second-order valence-corrected chi connectivity index (χ2v) is 5.03. The average molecular weight is 293 g/mol. The van der Waals surface area contributed by atoms with Crippen molar-refractivity contribution in [3.8, 4) is 0 Å². The normalized spacial score (nSPS) is 11.7. The molecule has 1 amide bonds. The van der Waals surface area contributed by atoms with Crippen molar-refractivity contribution < 1.29 is 24.6 Å². The van der Waals surface area contributed by atoms with Gasteiger partial charge in [0.2, 0.25) is 0 Å². The number of carboxylic acids is 2. The molecule has 114 valence electrons. The fourth-order valence-electron chi connectivity index (χ4n) is 2.06. The molecule has 0 unspecified atom stereocenters. The Balaban J connectivity index is 2.71. The zero-order valence-electron chi connectivity index (χ0n) is 12.0. The molecule has 0 aliphatic carbocycles. The summed E-state index contributed by atoms with van der Waals surface area (Å²) in [6.45, 7) is 3.70. The van der Waals surface area contributed by atoms with Crippen LogP contribution < -0.4 is 5.32 Å². The standard InChI is InChI=1S/C15H19NO5/c1-9-6-10(2)8-11(7-9)14(19)16-12(15(20)21)4-3-5-13(17)18/h6-8,12H,3-5H2,1-2H3,(H,16,19)(H,17,18)(H,20,21)/t12-/m1/s1. The maximum atomic E-state index is 12.1. The third-order valence-corrected chi connectivity index (χ3v) is 2.97. The van der Waals surface area contributed by atoms with Crippen LogP contribution in [0.2, 0.25) is 0 Å². The van der Waals surface area contributed by atoms with Crippen molar-refractivity contribution in [2.75, 3.05) is 0 Å². The van der Waals surface area contributed by atoms with Crippen LogP contribution in [0.15, 0.2) is 18.2 Å². The summed E-state index contributed by atoms with van der Waals surface area (Å²) in [6.07, 6.45) is 0.154. The molecule has 6 heteroatoms. The zero-order chi connectivity index (χ0) is 16.0. The van der Waals surface area contributed by atoms with E-state index in [0.717, 1.165) is 11.1 Å². The maximum Gasteiger partial charge on any atom is 0.326 e. The Morgan fingerprint density at radius 1 is 1.10 bits per heavy atom. The van der Waals surface area contributed by atoms with Crippen LogP contribution in [0, 0.1) is 13.8 Å². The first-order chi connectivity index (χ1) is 9.79. The second kappa shape index (κ2) is 7.42. The summed E-state index contributed by atoms with van der Waals surface area (Å²) in [6, 6.07) is 4.19. The van der Waals surface area contributed by atoms with Crippen LogP contribution >= 0.6 is 0 Å². The Hall–Kier alpha value is -2.37. The van der Waals surface area contributed by atoms with Gasteiger partial charge in [-0.15, -0.1) is 0 Å². The van der Waals surface area contributed by atoms with E-state index in [1.165, 1.54) is 0 Å². The number of aryl methyl sites for hydroxylation is 2. The van der Waals surface area contributed by atoms with Crippen LogP contribution in [0.25, 0.3) is 0 Å². The van der Waals surface area contributed by atoms with Crippen molar-refractivity contribution in [3.63, 3.8) is 0 Å². The number of hydrogen-bond donors (Lipinski definition) is 3. The smallest absolute Gasteiger partial charge is 0.326 e. The summed E-state index contributed by atoms with van der Waals surface area (Å²) in [5, 5.41) is 20.1. The lowest BCUT2D eigenvalue weighted by Gasteiger charge is -2.14. The number of rotatable bonds is 7. The van der Waals surface area contributed by atoms with Gasteiger partial charge in [0.25, 0.3) is 5.91 Å². The minimum atomic E-state index is -1.17. The van der Waals surface area contributed by atoms with E-state index in [1.54, 1.807) is 12.1 Å². The monoisotopic (exact) mass is 293 g/mol. The highest BCUT2D eigenvalue weighted by Gasteiger charge is 2.20. The van der Waals surface area contributed by atoms with Crippen molar-refractivity contribution in [1.29, 1.82) is 0 Å². The minimum absolute atomic E-state index is 0.0815. The molecule has 1 aromatic carbocycles. The van der Waals surface area contributed by atoms with Crippen LogP contribution in [0.1, 0.15) is 40.7 Å². The molecule has 1 atom stereocenters. The Bertz CT molecular complexity index is 533. The largest absolute Gasteiger partial charge is 0.481 e. The van der Waals surface area contributed by atoms with E-state index in [1.807, 2.05) is 19.9 Å². The molecule has 0 aliphatic rings. The van der Waals surface area contributed by atoms with Crippen LogP contribution in [-0.2, 0) is 9.59 Å². The molecule has 0 spiro atoms. The van der Waals surface area contributed by atoms with Crippen LogP contribution in [0.3, 0.4) is 0 Å². The zero-order valence-corrected chi connectivity index (χ0v) is 12.0. The molecule has 0 bridgehead atoms. The minimum Gasteiger partial charge on any atom is -0.481 e. The molecule has 0 aromatic heterocycles. The molecule has 0 saturated heterocycles. The maximum absolute atomic E-state index is 12.1. The van der Waals surface area contributed by atoms with E-state index in [4.69, 9.17) is 10.2 Å². The first-order valence-corrected chi connectivity index (χ1v) is 6.63. The fourth-order valence-corrected chi connectivity index (χ4v) is 2.06. The van der Waals surface area contributed by atoms with Crippen molar-refractivity contribution in [2.45, 2.75) is 39.2 Å². The highest BCUT2D eigenvalue weighted by atomic mass is 16.4. The number of amides is 1. The average Bonchev–Trinajstić information content (AvgIpc) is 2.35. The number of nitrogens with one attached hydrogen (secondary N) is 1. The van der Waals surface area contributed by atoms with E-state index >= 15 is 0 Å². The van der Waals surface area contributed by atoms with E-state index in [0.29, 0.717) is 5.56 Å². The Kier molecular flexibility index (Phi) is 5.90.